The summed E-state index contributed by atoms with van der Waals surface area (Å²) in [4.78, 5) is 19.8. The second-order valence-corrected chi connectivity index (χ2v) is 7.84. The Morgan fingerprint density at radius 2 is 2.00 bits per heavy atom. The van der Waals surface area contributed by atoms with Gasteiger partial charge < -0.3 is 15.1 Å². The Bertz CT molecular complexity index is 785. The van der Waals surface area contributed by atoms with E-state index in [0.29, 0.717) is 0 Å². The van der Waals surface area contributed by atoms with Gasteiger partial charge in [-0.3, -0.25) is 9.97 Å². The van der Waals surface area contributed by atoms with Crippen LogP contribution in [0.2, 0.25) is 0 Å². The molecule has 0 radical (unpaired) electrons. The maximum absolute atomic E-state index is 4.87. The van der Waals surface area contributed by atoms with Crippen LogP contribution in [0.25, 0.3) is 17.3 Å². The third-order valence-corrected chi connectivity index (χ3v) is 5.69. The van der Waals surface area contributed by atoms with E-state index < -0.39 is 0 Å². The first kappa shape index (κ1) is 17.5. The van der Waals surface area contributed by atoms with Crippen LogP contribution in [0.1, 0.15) is 12.0 Å². The van der Waals surface area contributed by atoms with Crippen molar-refractivity contribution >= 4 is 23.7 Å². The first-order chi connectivity index (χ1) is 12.8. The molecule has 2 aliphatic rings. The van der Waals surface area contributed by atoms with Gasteiger partial charge in [0.25, 0.3) is 0 Å². The molecule has 2 saturated heterocycles. The van der Waals surface area contributed by atoms with Gasteiger partial charge in [-0.15, -0.1) is 11.8 Å². The lowest BCUT2D eigenvalue weighted by molar-refractivity contribution is 0.360. The van der Waals surface area contributed by atoms with Crippen molar-refractivity contribution < 1.29 is 0 Å². The lowest BCUT2D eigenvalue weighted by atomic mass is 10.1. The molecule has 0 unspecified atom stereocenters. The third-order valence-electron chi connectivity index (χ3n) is 4.71. The zero-order valence-corrected chi connectivity index (χ0v) is 15.9. The van der Waals surface area contributed by atoms with Crippen molar-refractivity contribution in [1.82, 2.24) is 25.2 Å². The van der Waals surface area contributed by atoms with Gasteiger partial charge in [0.2, 0.25) is 0 Å². The van der Waals surface area contributed by atoms with Crippen LogP contribution in [-0.2, 0) is 0 Å². The van der Waals surface area contributed by atoms with Gasteiger partial charge in [-0.05, 0) is 37.7 Å². The second-order valence-electron chi connectivity index (χ2n) is 6.74. The Morgan fingerprint density at radius 1 is 1.08 bits per heavy atom. The molecule has 6 nitrogen and oxygen atoms in total. The number of hydrogen-bond acceptors (Lipinski definition) is 7. The van der Waals surface area contributed by atoms with Gasteiger partial charge in [-0.25, -0.2) is 4.98 Å². The van der Waals surface area contributed by atoms with Crippen LogP contribution in [0.5, 0.6) is 0 Å². The summed E-state index contributed by atoms with van der Waals surface area (Å²) in [6, 6.07) is 2.14. The van der Waals surface area contributed by atoms with Crippen molar-refractivity contribution in [1.29, 1.82) is 0 Å². The summed E-state index contributed by atoms with van der Waals surface area (Å²) in [5.74, 6) is 1.94. The second kappa shape index (κ2) is 8.16. The van der Waals surface area contributed by atoms with Crippen molar-refractivity contribution in [2.45, 2.75) is 6.42 Å². The average molecular weight is 369 g/mol. The molecule has 7 heteroatoms. The molecule has 26 heavy (non-hydrogen) atoms. The fourth-order valence-corrected chi connectivity index (χ4v) is 4.06. The molecule has 4 heterocycles. The maximum atomic E-state index is 4.87. The highest BCUT2D eigenvalue weighted by Gasteiger charge is 2.15. The zero-order valence-electron chi connectivity index (χ0n) is 15.1. The molecule has 2 aliphatic heterocycles. The molecule has 2 aromatic rings. The molecule has 2 aromatic heterocycles. The lowest BCUT2D eigenvalue weighted by Crippen LogP contribution is -2.29. The van der Waals surface area contributed by atoms with E-state index in [-0.39, 0.29) is 0 Å². The van der Waals surface area contributed by atoms with Crippen molar-refractivity contribution in [2.24, 2.45) is 0 Å². The largest absolute Gasteiger partial charge is 0.354 e. The summed E-state index contributed by atoms with van der Waals surface area (Å²) in [6.45, 7) is 5.15. The Kier molecular flexibility index (Phi) is 5.48. The Balaban J connectivity index is 1.57. The predicted molar refractivity (Wildman–Crippen MR) is 108 cm³/mol. The number of nitrogens with one attached hydrogen (secondary N) is 1. The van der Waals surface area contributed by atoms with Crippen LogP contribution in [0.3, 0.4) is 0 Å². The van der Waals surface area contributed by atoms with Gasteiger partial charge in [-0.1, -0.05) is 0 Å². The predicted octanol–water partition coefficient (Wildman–Crippen LogP) is 2.32. The molecule has 1 N–H and O–H groups in total. The maximum Gasteiger partial charge on any atom is 0.147 e. The normalized spacial score (nSPS) is 20.5. The summed E-state index contributed by atoms with van der Waals surface area (Å²) in [5.41, 5.74) is 3.00. The Hall–Kier alpha value is -1.96. The first-order valence-electron chi connectivity index (χ1n) is 9.03. The van der Waals surface area contributed by atoms with E-state index in [1.165, 1.54) is 4.91 Å². The highest BCUT2D eigenvalue weighted by atomic mass is 32.2. The van der Waals surface area contributed by atoms with Gasteiger partial charge >= 0.3 is 0 Å². The van der Waals surface area contributed by atoms with Crippen LogP contribution >= 0.6 is 11.8 Å². The van der Waals surface area contributed by atoms with Crippen LogP contribution in [0, 0.1) is 0 Å². The molecule has 136 valence electrons. The molecule has 0 spiro atoms. The summed E-state index contributed by atoms with van der Waals surface area (Å²) in [5, 5.41) is 3.33. The van der Waals surface area contributed by atoms with Gasteiger partial charge in [0.1, 0.15) is 5.82 Å². The van der Waals surface area contributed by atoms with E-state index >= 15 is 0 Å². The topological polar surface area (TPSA) is 57.2 Å². The smallest absolute Gasteiger partial charge is 0.147 e. The minimum atomic E-state index is 0.880. The quantitative estimate of drug-likeness (QED) is 0.892. The zero-order chi connectivity index (χ0) is 17.8. The van der Waals surface area contributed by atoms with E-state index in [0.717, 1.165) is 67.7 Å². The molecule has 0 atom stereocenters. The average Bonchev–Trinajstić information content (AvgIpc) is 3.08. The molecule has 4 rings (SSSR count). The summed E-state index contributed by atoms with van der Waals surface area (Å²) < 4.78 is 0. The third kappa shape index (κ3) is 4.23. The Morgan fingerprint density at radius 3 is 2.88 bits per heavy atom. The fourth-order valence-electron chi connectivity index (χ4n) is 3.25. The van der Waals surface area contributed by atoms with Crippen LogP contribution in [-0.4, -0.2) is 65.5 Å². The van der Waals surface area contributed by atoms with Gasteiger partial charge in [0.15, 0.2) is 0 Å². The SMILES string of the molecule is CN1CCCN(c2cncc(-c3cncc(C=C4CNCS4)c3)n2)CC1. The van der Waals surface area contributed by atoms with E-state index in [1.807, 2.05) is 36.5 Å². The van der Waals surface area contributed by atoms with Crippen LogP contribution < -0.4 is 10.2 Å². The number of thioether (sulfide) groups is 1. The van der Waals surface area contributed by atoms with E-state index in [9.17, 15) is 0 Å². The summed E-state index contributed by atoms with van der Waals surface area (Å²) in [6.07, 6.45) is 10.8. The molecule has 0 aliphatic carbocycles. The van der Waals surface area contributed by atoms with Crippen LogP contribution in [0.4, 0.5) is 5.82 Å². The molecule has 0 amide bonds. The van der Waals surface area contributed by atoms with E-state index in [1.54, 1.807) is 0 Å². The minimum Gasteiger partial charge on any atom is -0.354 e. The number of rotatable bonds is 3. The molecule has 0 bridgehead atoms. The highest BCUT2D eigenvalue weighted by Crippen LogP contribution is 2.25. The van der Waals surface area contributed by atoms with Gasteiger partial charge in [0.05, 0.1) is 18.1 Å². The monoisotopic (exact) mass is 368 g/mol. The van der Waals surface area contributed by atoms with Gasteiger partial charge in [0, 0.05) is 54.9 Å². The number of likely N-dealkylation sites (N-methyl/N-ethyl adjacent to an activating group) is 1. The number of aromatic nitrogens is 3. The molecule has 0 aromatic carbocycles. The molecule has 0 saturated carbocycles. The van der Waals surface area contributed by atoms with E-state index in [2.05, 4.69) is 44.3 Å². The first-order valence-corrected chi connectivity index (χ1v) is 10.0. The van der Waals surface area contributed by atoms with Crippen molar-refractivity contribution in [3.63, 3.8) is 0 Å². The van der Waals surface area contributed by atoms with Crippen molar-refractivity contribution in [3.8, 4) is 11.3 Å². The van der Waals surface area contributed by atoms with Crippen molar-refractivity contribution in [3.05, 3.63) is 41.3 Å². The standard InChI is InChI=1S/C19H24N6S/c1-24-3-2-4-25(6-5-24)19-13-21-12-18(23-19)16-7-15(9-20-10-16)8-17-11-22-14-26-17/h7-10,12-13,22H,2-6,11,14H2,1H3. The Labute approximate surface area is 158 Å². The number of pyridine rings is 1. The minimum absolute atomic E-state index is 0.880. The van der Waals surface area contributed by atoms with Crippen LogP contribution in [0.15, 0.2) is 35.8 Å². The number of hydrogen-bond donors (Lipinski definition) is 1. The van der Waals surface area contributed by atoms with E-state index in [4.69, 9.17) is 4.98 Å². The number of anilines is 1. The molecule has 2 fully saturated rings. The lowest BCUT2D eigenvalue weighted by Gasteiger charge is -2.21. The molecular weight excluding hydrogens is 344 g/mol. The van der Waals surface area contributed by atoms with Gasteiger partial charge in [-0.2, -0.15) is 0 Å². The molecular formula is C19H24N6S. The van der Waals surface area contributed by atoms with Crippen molar-refractivity contribution in [2.75, 3.05) is 50.5 Å². The summed E-state index contributed by atoms with van der Waals surface area (Å²) in [7, 11) is 2.18. The summed E-state index contributed by atoms with van der Waals surface area (Å²) >= 11 is 1.85. The number of nitrogens with zero attached hydrogens (tertiary/aromatic N) is 5. The fraction of sp³-hybridized carbons (Fsp3) is 0.421. The highest BCUT2D eigenvalue weighted by molar-refractivity contribution is 8.03.